The van der Waals surface area contributed by atoms with E-state index in [9.17, 15) is 0 Å². The van der Waals surface area contributed by atoms with Crippen LogP contribution in [0, 0.1) is 6.92 Å². The van der Waals surface area contributed by atoms with Crippen LogP contribution in [0.15, 0.2) is 35.0 Å². The zero-order valence-corrected chi connectivity index (χ0v) is 9.42. The second-order valence-electron chi connectivity index (χ2n) is 4.00. The van der Waals surface area contributed by atoms with E-state index in [2.05, 4.69) is 10.1 Å². The largest absolute Gasteiger partial charge is 0.439 e. The van der Waals surface area contributed by atoms with E-state index in [-0.39, 0.29) is 0 Å². The van der Waals surface area contributed by atoms with Gasteiger partial charge in [-0.3, -0.25) is 4.68 Å². The first-order chi connectivity index (χ1) is 8.22. The average Bonchev–Trinajstić information content (AvgIpc) is 2.86. The van der Waals surface area contributed by atoms with E-state index in [0.29, 0.717) is 18.1 Å². The predicted octanol–water partition coefficient (Wildman–Crippen LogP) is 1.96. The molecule has 2 heterocycles. The summed E-state index contributed by atoms with van der Waals surface area (Å²) in [5.41, 5.74) is 9.05. The molecule has 1 aromatic carbocycles. The molecule has 0 fully saturated rings. The minimum atomic E-state index is 0.491. The summed E-state index contributed by atoms with van der Waals surface area (Å²) < 4.78 is 7.35. The van der Waals surface area contributed by atoms with Gasteiger partial charge in [0.15, 0.2) is 5.58 Å². The van der Waals surface area contributed by atoms with Crippen LogP contribution in [0.4, 0.5) is 5.69 Å². The molecule has 0 unspecified atom stereocenters. The molecule has 0 aliphatic heterocycles. The normalized spacial score (nSPS) is 11.1. The number of nitrogens with zero attached hydrogens (tertiary/aromatic N) is 3. The highest BCUT2D eigenvalue weighted by atomic mass is 16.3. The molecule has 0 radical (unpaired) electrons. The zero-order chi connectivity index (χ0) is 11.8. The fraction of sp³-hybridized carbons (Fsp3) is 0.167. The van der Waals surface area contributed by atoms with Crippen molar-refractivity contribution in [3.63, 3.8) is 0 Å². The quantitative estimate of drug-likeness (QED) is 0.728. The summed E-state index contributed by atoms with van der Waals surface area (Å²) in [6.07, 6.45) is 3.36. The van der Waals surface area contributed by atoms with E-state index < -0.39 is 0 Å². The third kappa shape index (κ3) is 1.75. The van der Waals surface area contributed by atoms with Gasteiger partial charge in [0.2, 0.25) is 5.89 Å². The van der Waals surface area contributed by atoms with Gasteiger partial charge in [-0.15, -0.1) is 0 Å². The third-order valence-electron chi connectivity index (χ3n) is 2.62. The maximum Gasteiger partial charge on any atom is 0.217 e. The summed E-state index contributed by atoms with van der Waals surface area (Å²) in [5.74, 6) is 0.636. The molecule has 3 rings (SSSR count). The number of rotatable bonds is 2. The lowest BCUT2D eigenvalue weighted by molar-refractivity contribution is 0.492. The SMILES string of the molecule is Cc1cccc2oc(Cn3cc(N)cn3)nc12. The Balaban J connectivity index is 1.98. The van der Waals surface area contributed by atoms with Crippen molar-refractivity contribution in [1.29, 1.82) is 0 Å². The van der Waals surface area contributed by atoms with E-state index in [0.717, 1.165) is 16.7 Å². The van der Waals surface area contributed by atoms with Gasteiger partial charge < -0.3 is 10.2 Å². The molecule has 5 heteroatoms. The summed E-state index contributed by atoms with van der Waals surface area (Å²) in [4.78, 5) is 4.45. The van der Waals surface area contributed by atoms with Gasteiger partial charge in [-0.25, -0.2) is 4.98 Å². The maximum absolute atomic E-state index is 5.65. The maximum atomic E-state index is 5.65. The second-order valence-corrected chi connectivity index (χ2v) is 4.00. The number of para-hydroxylation sites is 1. The summed E-state index contributed by atoms with van der Waals surface area (Å²) in [5, 5.41) is 4.10. The van der Waals surface area contributed by atoms with Crippen LogP contribution in [0.1, 0.15) is 11.5 Å². The van der Waals surface area contributed by atoms with Gasteiger partial charge in [0.25, 0.3) is 0 Å². The van der Waals surface area contributed by atoms with Crippen molar-refractivity contribution in [2.75, 3.05) is 5.73 Å². The van der Waals surface area contributed by atoms with Crippen molar-refractivity contribution in [3.8, 4) is 0 Å². The summed E-state index contributed by atoms with van der Waals surface area (Å²) in [6, 6.07) is 5.88. The Kier molecular flexibility index (Phi) is 2.11. The summed E-state index contributed by atoms with van der Waals surface area (Å²) in [6.45, 7) is 2.51. The van der Waals surface area contributed by atoms with Crippen LogP contribution in [0.3, 0.4) is 0 Å². The van der Waals surface area contributed by atoms with E-state index in [4.69, 9.17) is 10.2 Å². The molecule has 2 N–H and O–H groups in total. The molecule has 0 saturated carbocycles. The Labute approximate surface area is 97.9 Å². The van der Waals surface area contributed by atoms with Crippen LogP contribution < -0.4 is 5.73 Å². The zero-order valence-electron chi connectivity index (χ0n) is 9.42. The molecule has 0 aliphatic carbocycles. The summed E-state index contributed by atoms with van der Waals surface area (Å²) >= 11 is 0. The Morgan fingerprint density at radius 3 is 3.00 bits per heavy atom. The van der Waals surface area contributed by atoms with Gasteiger partial charge in [-0.2, -0.15) is 5.10 Å². The third-order valence-corrected chi connectivity index (χ3v) is 2.62. The van der Waals surface area contributed by atoms with E-state index >= 15 is 0 Å². The lowest BCUT2D eigenvalue weighted by Crippen LogP contribution is -1.99. The van der Waals surface area contributed by atoms with E-state index in [1.807, 2.05) is 25.1 Å². The van der Waals surface area contributed by atoms with Crippen LogP contribution in [0.25, 0.3) is 11.1 Å². The monoisotopic (exact) mass is 228 g/mol. The lowest BCUT2D eigenvalue weighted by Gasteiger charge is -1.94. The molecular weight excluding hydrogens is 216 g/mol. The first-order valence-corrected chi connectivity index (χ1v) is 5.35. The number of aromatic nitrogens is 3. The standard InChI is InChI=1S/C12H12N4O/c1-8-3-2-4-10-12(8)15-11(17-10)7-16-6-9(13)5-14-16/h2-6H,7,13H2,1H3. The Hall–Kier alpha value is -2.30. The number of oxazole rings is 1. The highest BCUT2D eigenvalue weighted by Gasteiger charge is 2.08. The number of hydrogen-bond acceptors (Lipinski definition) is 4. The van der Waals surface area contributed by atoms with Gasteiger partial charge >= 0.3 is 0 Å². The van der Waals surface area contributed by atoms with Crippen LogP contribution in [-0.4, -0.2) is 14.8 Å². The lowest BCUT2D eigenvalue weighted by atomic mass is 10.2. The van der Waals surface area contributed by atoms with Crippen LogP contribution in [-0.2, 0) is 6.54 Å². The number of nitrogen functional groups attached to an aromatic ring is 1. The molecule has 5 nitrogen and oxygen atoms in total. The van der Waals surface area contributed by atoms with Gasteiger partial charge in [0, 0.05) is 6.20 Å². The molecule has 3 aromatic rings. The number of benzene rings is 1. The Bertz CT molecular complexity index is 668. The van der Waals surface area contributed by atoms with Gasteiger partial charge in [0.05, 0.1) is 11.9 Å². The number of anilines is 1. The minimum absolute atomic E-state index is 0.491. The van der Waals surface area contributed by atoms with Crippen molar-refractivity contribution in [1.82, 2.24) is 14.8 Å². The van der Waals surface area contributed by atoms with Crippen LogP contribution in [0.2, 0.25) is 0 Å². The van der Waals surface area contributed by atoms with Gasteiger partial charge in [-0.05, 0) is 18.6 Å². The van der Waals surface area contributed by atoms with Crippen LogP contribution >= 0.6 is 0 Å². The number of hydrogen-bond donors (Lipinski definition) is 1. The fourth-order valence-corrected chi connectivity index (χ4v) is 1.80. The first-order valence-electron chi connectivity index (χ1n) is 5.35. The average molecular weight is 228 g/mol. The molecule has 17 heavy (non-hydrogen) atoms. The highest BCUT2D eigenvalue weighted by molar-refractivity contribution is 5.76. The molecular formula is C12H12N4O. The van der Waals surface area contributed by atoms with Crippen molar-refractivity contribution in [2.24, 2.45) is 0 Å². The van der Waals surface area contributed by atoms with Gasteiger partial charge in [-0.1, -0.05) is 12.1 Å². The molecule has 0 aliphatic rings. The fourth-order valence-electron chi connectivity index (χ4n) is 1.80. The smallest absolute Gasteiger partial charge is 0.217 e. The van der Waals surface area contributed by atoms with E-state index in [1.54, 1.807) is 17.1 Å². The molecule has 86 valence electrons. The number of nitrogens with two attached hydrogens (primary N) is 1. The van der Waals surface area contributed by atoms with E-state index in [1.165, 1.54) is 0 Å². The predicted molar refractivity (Wildman–Crippen MR) is 64.5 cm³/mol. The first kappa shape index (κ1) is 9.89. The molecule has 0 amide bonds. The van der Waals surface area contributed by atoms with Crippen molar-refractivity contribution in [3.05, 3.63) is 42.0 Å². The Morgan fingerprint density at radius 2 is 2.29 bits per heavy atom. The van der Waals surface area contributed by atoms with Crippen molar-refractivity contribution < 1.29 is 4.42 Å². The van der Waals surface area contributed by atoms with Crippen molar-refractivity contribution >= 4 is 16.8 Å². The van der Waals surface area contributed by atoms with Gasteiger partial charge in [0.1, 0.15) is 12.1 Å². The van der Waals surface area contributed by atoms with Crippen LogP contribution in [0.5, 0.6) is 0 Å². The molecule has 2 aromatic heterocycles. The Morgan fingerprint density at radius 1 is 1.41 bits per heavy atom. The minimum Gasteiger partial charge on any atom is -0.439 e. The number of fused-ring (bicyclic) bond motifs is 1. The molecule has 0 spiro atoms. The molecule has 0 atom stereocenters. The topological polar surface area (TPSA) is 69.9 Å². The van der Waals surface area contributed by atoms with Crippen molar-refractivity contribution in [2.45, 2.75) is 13.5 Å². The molecule has 0 bridgehead atoms. The highest BCUT2D eigenvalue weighted by Crippen LogP contribution is 2.19. The molecule has 0 saturated heterocycles. The summed E-state index contributed by atoms with van der Waals surface area (Å²) in [7, 11) is 0. The number of aryl methyl sites for hydroxylation is 1. The second kappa shape index (κ2) is 3.62.